The van der Waals surface area contributed by atoms with E-state index >= 15 is 0 Å². The van der Waals surface area contributed by atoms with Crippen LogP contribution in [0, 0.1) is 5.82 Å². The first-order chi connectivity index (χ1) is 9.08. The van der Waals surface area contributed by atoms with E-state index in [4.69, 9.17) is 18.0 Å². The Morgan fingerprint density at radius 3 is 2.79 bits per heavy atom. The molecule has 19 heavy (non-hydrogen) atoms. The smallest absolute Gasteiger partial charge is 0.135 e. The minimum absolute atomic E-state index is 0.0882. The van der Waals surface area contributed by atoms with Gasteiger partial charge in [0.2, 0.25) is 0 Å². The van der Waals surface area contributed by atoms with Gasteiger partial charge < -0.3 is 10.6 Å². The summed E-state index contributed by atoms with van der Waals surface area (Å²) in [6.07, 6.45) is 0.951. The Morgan fingerprint density at radius 1 is 1.42 bits per heavy atom. The number of benzene rings is 1. The first-order valence-electron chi connectivity index (χ1n) is 5.91. The fourth-order valence-electron chi connectivity index (χ4n) is 1.80. The Hall–Kier alpha value is -1.46. The topological polar surface area (TPSA) is 29.3 Å². The molecule has 5 heteroatoms. The number of thiophene rings is 1. The molecule has 0 fully saturated rings. The van der Waals surface area contributed by atoms with Crippen LogP contribution in [0.5, 0.6) is 0 Å². The lowest BCUT2D eigenvalue weighted by Crippen LogP contribution is -2.20. The molecular formula is C14H15FN2S2. The van der Waals surface area contributed by atoms with E-state index in [1.807, 2.05) is 24.1 Å². The van der Waals surface area contributed by atoms with E-state index in [0.29, 0.717) is 5.56 Å². The summed E-state index contributed by atoms with van der Waals surface area (Å²) in [6.45, 7) is 0.840. The first-order valence-corrected chi connectivity index (χ1v) is 7.19. The summed E-state index contributed by atoms with van der Waals surface area (Å²) in [5.74, 6) is -0.368. The van der Waals surface area contributed by atoms with E-state index in [-0.39, 0.29) is 10.8 Å². The summed E-state index contributed by atoms with van der Waals surface area (Å²) >= 11 is 6.52. The second-order valence-corrected chi connectivity index (χ2v) is 5.75. The number of hydrogen-bond donors (Lipinski definition) is 1. The molecule has 0 unspecified atom stereocenters. The number of likely N-dealkylation sites (N-methyl/N-ethyl adjacent to an activating group) is 1. The van der Waals surface area contributed by atoms with Crippen LogP contribution >= 0.6 is 23.6 Å². The van der Waals surface area contributed by atoms with Gasteiger partial charge in [0, 0.05) is 29.7 Å². The molecule has 0 aliphatic carbocycles. The largest absolute Gasteiger partial charge is 0.389 e. The second-order valence-electron chi connectivity index (χ2n) is 4.28. The predicted molar refractivity (Wildman–Crippen MR) is 83.6 cm³/mol. The van der Waals surface area contributed by atoms with Crippen LogP contribution in [0.25, 0.3) is 0 Å². The molecule has 0 radical (unpaired) electrons. The maximum atomic E-state index is 13.8. The van der Waals surface area contributed by atoms with Crippen molar-refractivity contribution < 1.29 is 4.39 Å². The number of hydrogen-bond acceptors (Lipinski definition) is 3. The van der Waals surface area contributed by atoms with Crippen molar-refractivity contribution in [3.8, 4) is 0 Å². The summed E-state index contributed by atoms with van der Waals surface area (Å²) in [5.41, 5.74) is 6.57. The number of anilines is 1. The molecule has 0 bridgehead atoms. The van der Waals surface area contributed by atoms with Gasteiger partial charge in [-0.2, -0.15) is 0 Å². The monoisotopic (exact) mass is 294 g/mol. The zero-order valence-corrected chi connectivity index (χ0v) is 12.2. The van der Waals surface area contributed by atoms with Crippen LogP contribution in [0.15, 0.2) is 35.7 Å². The molecule has 2 aromatic rings. The van der Waals surface area contributed by atoms with Gasteiger partial charge in [-0.3, -0.25) is 0 Å². The van der Waals surface area contributed by atoms with Crippen molar-refractivity contribution in [3.63, 3.8) is 0 Å². The third-order valence-corrected chi connectivity index (χ3v) is 4.09. The highest BCUT2D eigenvalue weighted by molar-refractivity contribution is 7.80. The highest BCUT2D eigenvalue weighted by Gasteiger charge is 2.08. The lowest BCUT2D eigenvalue weighted by molar-refractivity contribution is 0.625. The molecule has 2 N–H and O–H groups in total. The molecular weight excluding hydrogens is 279 g/mol. The molecule has 100 valence electrons. The lowest BCUT2D eigenvalue weighted by Gasteiger charge is -2.19. The van der Waals surface area contributed by atoms with E-state index in [9.17, 15) is 4.39 Å². The zero-order valence-electron chi connectivity index (χ0n) is 10.6. The van der Waals surface area contributed by atoms with E-state index < -0.39 is 0 Å². The van der Waals surface area contributed by atoms with E-state index in [0.717, 1.165) is 18.7 Å². The molecule has 0 amide bonds. The summed E-state index contributed by atoms with van der Waals surface area (Å²) in [5, 5.41) is 2.06. The van der Waals surface area contributed by atoms with Crippen LogP contribution < -0.4 is 10.6 Å². The SMILES string of the molecule is CN(CCc1cccs1)c1ccc(C(N)=S)c(F)c1. The van der Waals surface area contributed by atoms with Gasteiger partial charge in [0.25, 0.3) is 0 Å². The van der Waals surface area contributed by atoms with Crippen LogP contribution in [0.4, 0.5) is 10.1 Å². The average molecular weight is 294 g/mol. The van der Waals surface area contributed by atoms with Gasteiger partial charge in [0.1, 0.15) is 10.8 Å². The molecule has 0 saturated carbocycles. The Labute approximate surface area is 121 Å². The van der Waals surface area contributed by atoms with Gasteiger partial charge in [0.05, 0.1) is 0 Å². The van der Waals surface area contributed by atoms with E-state index in [2.05, 4.69) is 11.4 Å². The van der Waals surface area contributed by atoms with Crippen molar-refractivity contribution in [2.45, 2.75) is 6.42 Å². The lowest BCUT2D eigenvalue weighted by atomic mass is 10.2. The Kier molecular flexibility index (Phi) is 4.50. The normalized spacial score (nSPS) is 10.4. The van der Waals surface area contributed by atoms with Crippen LogP contribution in [-0.4, -0.2) is 18.6 Å². The third-order valence-electron chi connectivity index (χ3n) is 2.93. The number of rotatable bonds is 5. The van der Waals surface area contributed by atoms with Gasteiger partial charge in [-0.1, -0.05) is 18.3 Å². The molecule has 1 heterocycles. The molecule has 0 aliphatic rings. The summed E-state index contributed by atoms with van der Waals surface area (Å²) < 4.78 is 13.8. The maximum Gasteiger partial charge on any atom is 0.135 e. The molecule has 1 aromatic carbocycles. The average Bonchev–Trinajstić information content (AvgIpc) is 2.88. The van der Waals surface area contributed by atoms with Crippen molar-refractivity contribution >= 4 is 34.2 Å². The van der Waals surface area contributed by atoms with Crippen LogP contribution in [0.2, 0.25) is 0 Å². The predicted octanol–water partition coefficient (Wildman–Crippen LogP) is 3.20. The quantitative estimate of drug-likeness (QED) is 0.859. The van der Waals surface area contributed by atoms with Gasteiger partial charge in [0.15, 0.2) is 0 Å². The van der Waals surface area contributed by atoms with Crippen molar-refractivity contribution in [1.82, 2.24) is 0 Å². The number of thiocarbonyl (C=S) groups is 1. The Morgan fingerprint density at radius 2 is 2.21 bits per heavy atom. The standard InChI is InChI=1S/C14H15FN2S2/c1-17(7-6-11-3-2-8-19-11)10-4-5-12(14(16)18)13(15)9-10/h2-5,8-9H,6-7H2,1H3,(H2,16,18). The third kappa shape index (κ3) is 3.52. The van der Waals surface area contributed by atoms with Crippen molar-refractivity contribution in [3.05, 3.63) is 52.0 Å². The Bertz CT molecular complexity index is 567. The molecule has 2 nitrogen and oxygen atoms in total. The first kappa shape index (κ1) is 14.0. The number of nitrogens with zero attached hydrogens (tertiary/aromatic N) is 1. The van der Waals surface area contributed by atoms with Crippen LogP contribution in [0.1, 0.15) is 10.4 Å². The Balaban J connectivity index is 2.05. The van der Waals surface area contributed by atoms with Gasteiger partial charge in [-0.05, 0) is 36.1 Å². The summed E-state index contributed by atoms with van der Waals surface area (Å²) in [4.78, 5) is 3.43. The molecule has 0 spiro atoms. The highest BCUT2D eigenvalue weighted by atomic mass is 32.1. The zero-order chi connectivity index (χ0) is 13.8. The van der Waals surface area contributed by atoms with Gasteiger partial charge in [-0.15, -0.1) is 11.3 Å². The fourth-order valence-corrected chi connectivity index (χ4v) is 2.67. The van der Waals surface area contributed by atoms with Gasteiger partial charge >= 0.3 is 0 Å². The minimum atomic E-state index is -0.368. The number of halogens is 1. The maximum absolute atomic E-state index is 13.8. The minimum Gasteiger partial charge on any atom is -0.389 e. The summed E-state index contributed by atoms with van der Waals surface area (Å²) in [6, 6.07) is 9.09. The van der Waals surface area contributed by atoms with Crippen LogP contribution in [-0.2, 0) is 6.42 Å². The van der Waals surface area contributed by atoms with Gasteiger partial charge in [-0.25, -0.2) is 4.39 Å². The molecule has 0 atom stereocenters. The molecule has 1 aromatic heterocycles. The van der Waals surface area contributed by atoms with Crippen LogP contribution in [0.3, 0.4) is 0 Å². The van der Waals surface area contributed by atoms with Crippen molar-refractivity contribution in [2.24, 2.45) is 5.73 Å². The second kappa shape index (κ2) is 6.12. The fraction of sp³-hybridized carbons (Fsp3) is 0.214. The molecule has 0 aliphatic heterocycles. The van der Waals surface area contributed by atoms with E-state index in [1.54, 1.807) is 17.4 Å². The van der Waals surface area contributed by atoms with Crippen molar-refractivity contribution in [1.29, 1.82) is 0 Å². The molecule has 2 rings (SSSR count). The van der Waals surface area contributed by atoms with E-state index in [1.165, 1.54) is 10.9 Å². The summed E-state index contributed by atoms with van der Waals surface area (Å²) in [7, 11) is 1.95. The van der Waals surface area contributed by atoms with Crippen molar-refractivity contribution in [2.75, 3.05) is 18.5 Å². The molecule has 0 saturated heterocycles. The highest BCUT2D eigenvalue weighted by Crippen LogP contribution is 2.19. The number of nitrogens with two attached hydrogens (primary N) is 1.